The lowest BCUT2D eigenvalue weighted by atomic mass is 10.2. The lowest BCUT2D eigenvalue weighted by Gasteiger charge is -2.21. The molecule has 112 valence electrons. The summed E-state index contributed by atoms with van der Waals surface area (Å²) in [5.74, 6) is -0.732. The van der Waals surface area contributed by atoms with Gasteiger partial charge in [0.25, 0.3) is 5.91 Å². The first kappa shape index (κ1) is 17.3. The van der Waals surface area contributed by atoms with Crippen LogP contribution in [0.15, 0.2) is 16.6 Å². The predicted octanol–water partition coefficient (Wildman–Crippen LogP) is 0.158. The Morgan fingerprint density at radius 2 is 1.85 bits per heavy atom. The molecule has 0 unspecified atom stereocenters. The van der Waals surface area contributed by atoms with E-state index >= 15 is 0 Å². The second-order valence-electron chi connectivity index (χ2n) is 4.49. The van der Waals surface area contributed by atoms with Crippen LogP contribution in [0.4, 0.5) is 4.79 Å². The number of nitrogens with one attached hydrogen (secondary N) is 6. The van der Waals surface area contributed by atoms with Gasteiger partial charge in [0, 0.05) is 13.3 Å². The summed E-state index contributed by atoms with van der Waals surface area (Å²) in [4.78, 5) is 22.9. The van der Waals surface area contributed by atoms with Gasteiger partial charge in [0.1, 0.15) is 17.0 Å². The highest BCUT2D eigenvalue weighted by Crippen LogP contribution is 2.06. The highest BCUT2D eigenvalue weighted by atomic mass is 16.6. The van der Waals surface area contributed by atoms with Crippen molar-refractivity contribution in [3.63, 3.8) is 0 Å². The molecule has 10 nitrogen and oxygen atoms in total. The van der Waals surface area contributed by atoms with E-state index in [-0.39, 0.29) is 11.4 Å². The summed E-state index contributed by atoms with van der Waals surface area (Å²) in [7, 11) is 1.48. The van der Waals surface area contributed by atoms with E-state index in [1.165, 1.54) is 7.05 Å². The van der Waals surface area contributed by atoms with Crippen LogP contribution in [-0.2, 0) is 9.53 Å². The summed E-state index contributed by atoms with van der Waals surface area (Å²) in [6.07, 6.45) is -0.00370. The fourth-order valence-corrected chi connectivity index (χ4v) is 1.04. The third kappa shape index (κ3) is 6.33. The number of amides is 2. The van der Waals surface area contributed by atoms with Gasteiger partial charge in [-0.2, -0.15) is 5.53 Å². The largest absolute Gasteiger partial charge is 0.443 e. The molecule has 0 fully saturated rings. The summed E-state index contributed by atoms with van der Waals surface area (Å²) in [6, 6.07) is 0. The average Bonchev–Trinajstić information content (AvgIpc) is 2.32. The molecule has 2 amide bonds. The van der Waals surface area contributed by atoms with E-state index in [0.29, 0.717) is 0 Å². The number of nitrogens with zero attached hydrogens (tertiary/aromatic N) is 1. The van der Waals surface area contributed by atoms with Crippen molar-refractivity contribution >= 4 is 18.2 Å². The number of hydrogen-bond donors (Lipinski definition) is 6. The SMILES string of the molecule is CN/C(NNC(=O)OC(C)(C)C)=C(\C=N)C(=O)NN=N. The van der Waals surface area contributed by atoms with Crippen LogP contribution in [0.5, 0.6) is 0 Å². The molecule has 0 aromatic carbocycles. The van der Waals surface area contributed by atoms with Crippen LogP contribution >= 0.6 is 0 Å². The van der Waals surface area contributed by atoms with Crippen LogP contribution in [-0.4, -0.2) is 30.9 Å². The molecule has 0 bridgehead atoms. The maximum Gasteiger partial charge on any atom is 0.426 e. The molecule has 0 spiro atoms. The molecule has 0 atom stereocenters. The van der Waals surface area contributed by atoms with E-state index in [0.717, 1.165) is 6.21 Å². The first-order chi connectivity index (χ1) is 9.25. The second-order valence-corrected chi connectivity index (χ2v) is 4.49. The van der Waals surface area contributed by atoms with Gasteiger partial charge in [-0.15, -0.1) is 0 Å². The second kappa shape index (κ2) is 7.71. The summed E-state index contributed by atoms with van der Waals surface area (Å²) in [5, 5.41) is 12.5. The maximum atomic E-state index is 11.5. The van der Waals surface area contributed by atoms with Crippen molar-refractivity contribution in [1.29, 1.82) is 10.9 Å². The van der Waals surface area contributed by atoms with Crippen LogP contribution in [0.3, 0.4) is 0 Å². The summed E-state index contributed by atoms with van der Waals surface area (Å²) >= 11 is 0. The zero-order valence-electron chi connectivity index (χ0n) is 11.7. The molecule has 0 saturated heterocycles. The fourth-order valence-electron chi connectivity index (χ4n) is 1.04. The topological polar surface area (TPSA) is 152 Å². The normalized spacial score (nSPS) is 11.6. The van der Waals surface area contributed by atoms with Crippen LogP contribution in [0.25, 0.3) is 0 Å². The van der Waals surface area contributed by atoms with Crippen LogP contribution < -0.4 is 21.6 Å². The molecular formula is C10H19N7O3. The number of carbonyl (C=O) groups is 2. The molecule has 0 aliphatic rings. The standard InChI is InChI=1S/C10H19N7O3/c1-10(2,3)20-9(19)16-14-7(13-4)6(5-11)8(18)15-17-12/h5,11,13-14H,1-4H3,(H,16,19)(H2,12,15,18)/b7-6-,11-5?. The zero-order valence-corrected chi connectivity index (χ0v) is 11.7. The first-order valence-electron chi connectivity index (χ1n) is 5.59. The monoisotopic (exact) mass is 285 g/mol. The molecule has 0 rings (SSSR count). The summed E-state index contributed by atoms with van der Waals surface area (Å²) < 4.78 is 4.98. The van der Waals surface area contributed by atoms with Crippen LogP contribution in [0.1, 0.15) is 20.8 Å². The van der Waals surface area contributed by atoms with Crippen molar-refractivity contribution in [1.82, 2.24) is 21.6 Å². The van der Waals surface area contributed by atoms with Crippen molar-refractivity contribution in [2.45, 2.75) is 26.4 Å². The van der Waals surface area contributed by atoms with Crippen LogP contribution in [0.2, 0.25) is 0 Å². The van der Waals surface area contributed by atoms with Gasteiger partial charge in [-0.25, -0.2) is 15.6 Å². The number of hydrazine groups is 1. The molecule has 20 heavy (non-hydrogen) atoms. The quantitative estimate of drug-likeness (QED) is 0.178. The Kier molecular flexibility index (Phi) is 6.69. The Balaban J connectivity index is 4.82. The Bertz CT molecular complexity index is 425. The molecule has 0 aromatic heterocycles. The molecular weight excluding hydrogens is 266 g/mol. The molecule has 0 saturated carbocycles. The maximum absolute atomic E-state index is 11.5. The highest BCUT2D eigenvalue weighted by Gasteiger charge is 2.17. The van der Waals surface area contributed by atoms with E-state index in [1.807, 2.05) is 5.43 Å². The Morgan fingerprint density at radius 3 is 2.25 bits per heavy atom. The Hall–Kier alpha value is -2.65. The van der Waals surface area contributed by atoms with Gasteiger partial charge in [0.2, 0.25) is 0 Å². The number of ether oxygens (including phenoxy) is 1. The fraction of sp³-hybridized carbons (Fsp3) is 0.500. The van der Waals surface area contributed by atoms with Gasteiger partial charge >= 0.3 is 6.09 Å². The van der Waals surface area contributed by atoms with Gasteiger partial charge in [-0.05, 0) is 20.8 Å². The van der Waals surface area contributed by atoms with Crippen molar-refractivity contribution in [2.24, 2.45) is 5.22 Å². The van der Waals surface area contributed by atoms with Gasteiger partial charge in [-0.3, -0.25) is 10.2 Å². The van der Waals surface area contributed by atoms with E-state index < -0.39 is 17.6 Å². The minimum atomic E-state index is -0.780. The molecule has 0 aliphatic heterocycles. The summed E-state index contributed by atoms with van der Waals surface area (Å²) in [5.41, 5.74) is 12.2. The van der Waals surface area contributed by atoms with Crippen molar-refractivity contribution in [2.75, 3.05) is 7.05 Å². The van der Waals surface area contributed by atoms with E-state index in [4.69, 9.17) is 15.7 Å². The van der Waals surface area contributed by atoms with E-state index in [2.05, 4.69) is 21.4 Å². The Morgan fingerprint density at radius 1 is 1.25 bits per heavy atom. The smallest absolute Gasteiger partial charge is 0.426 e. The lowest BCUT2D eigenvalue weighted by Crippen LogP contribution is -2.44. The number of carbonyl (C=O) groups excluding carboxylic acids is 2. The Labute approximate surface area is 116 Å². The number of rotatable bonds is 6. The van der Waals surface area contributed by atoms with E-state index in [9.17, 15) is 9.59 Å². The third-order valence-corrected chi connectivity index (χ3v) is 1.75. The molecule has 0 aliphatic carbocycles. The zero-order chi connectivity index (χ0) is 15.8. The van der Waals surface area contributed by atoms with Gasteiger partial charge in [0.05, 0.1) is 0 Å². The predicted molar refractivity (Wildman–Crippen MR) is 70.7 cm³/mol. The molecule has 0 aromatic rings. The van der Waals surface area contributed by atoms with Crippen LogP contribution in [0, 0.1) is 10.9 Å². The van der Waals surface area contributed by atoms with Crippen molar-refractivity contribution < 1.29 is 14.3 Å². The minimum absolute atomic E-state index is 0.0482. The average molecular weight is 285 g/mol. The third-order valence-electron chi connectivity index (χ3n) is 1.75. The molecule has 6 N–H and O–H groups in total. The van der Waals surface area contributed by atoms with Gasteiger partial charge in [-0.1, -0.05) is 5.22 Å². The van der Waals surface area contributed by atoms with Gasteiger partial charge < -0.3 is 15.5 Å². The summed E-state index contributed by atoms with van der Waals surface area (Å²) in [6.45, 7) is 5.11. The van der Waals surface area contributed by atoms with E-state index in [1.54, 1.807) is 20.8 Å². The number of hydrogen-bond acceptors (Lipinski definition) is 8. The highest BCUT2D eigenvalue weighted by molar-refractivity contribution is 6.11. The molecule has 0 heterocycles. The van der Waals surface area contributed by atoms with Crippen molar-refractivity contribution in [3.8, 4) is 0 Å². The van der Waals surface area contributed by atoms with Crippen molar-refractivity contribution in [3.05, 3.63) is 11.4 Å². The lowest BCUT2D eigenvalue weighted by molar-refractivity contribution is -0.117. The van der Waals surface area contributed by atoms with Gasteiger partial charge in [0.15, 0.2) is 0 Å². The first-order valence-corrected chi connectivity index (χ1v) is 5.59. The molecule has 0 radical (unpaired) electrons. The minimum Gasteiger partial charge on any atom is -0.443 e. The molecule has 10 heteroatoms.